The number of carbonyl (C=O) groups is 3. The fourth-order valence-electron chi connectivity index (χ4n) is 2.42. The molecule has 0 spiro atoms. The number of carboxylic acid groups (broad SMARTS) is 1. The van der Waals surface area contributed by atoms with Crippen molar-refractivity contribution < 1.29 is 19.5 Å². The van der Waals surface area contributed by atoms with Crippen LogP contribution in [0.15, 0.2) is 30.3 Å². The van der Waals surface area contributed by atoms with Crippen molar-refractivity contribution in [1.82, 2.24) is 10.9 Å². The summed E-state index contributed by atoms with van der Waals surface area (Å²) in [4.78, 5) is 35.0. The predicted molar refractivity (Wildman–Crippen MR) is 88.4 cm³/mol. The van der Waals surface area contributed by atoms with Gasteiger partial charge in [-0.05, 0) is 30.4 Å². The first-order valence-corrected chi connectivity index (χ1v) is 8.16. The second kappa shape index (κ2) is 9.70. The molecule has 0 aliphatic carbocycles. The molecule has 0 unspecified atom stereocenters. The van der Waals surface area contributed by atoms with Gasteiger partial charge in [0.05, 0.1) is 0 Å². The lowest BCUT2D eigenvalue weighted by Gasteiger charge is -2.25. The molecule has 0 aromatic heterocycles. The average Bonchev–Trinajstić information content (AvgIpc) is 2.52. The van der Waals surface area contributed by atoms with E-state index in [1.165, 1.54) is 0 Å². The smallest absolute Gasteiger partial charge is 0.269 e. The summed E-state index contributed by atoms with van der Waals surface area (Å²) in [7, 11) is 0. The molecule has 2 amide bonds. The molecule has 1 aromatic rings. The summed E-state index contributed by atoms with van der Waals surface area (Å²) in [6.45, 7) is 5.74. The first-order chi connectivity index (χ1) is 11.3. The van der Waals surface area contributed by atoms with Gasteiger partial charge in [-0.2, -0.15) is 0 Å². The van der Waals surface area contributed by atoms with Crippen molar-refractivity contribution in [2.75, 3.05) is 0 Å². The number of hydrogen-bond acceptors (Lipinski definition) is 4. The van der Waals surface area contributed by atoms with Crippen LogP contribution in [-0.4, -0.2) is 17.8 Å². The molecule has 0 heterocycles. The van der Waals surface area contributed by atoms with Crippen LogP contribution in [0.25, 0.3) is 0 Å². The number of hydrogen-bond donors (Lipinski definition) is 2. The van der Waals surface area contributed by atoms with E-state index in [-0.39, 0.29) is 12.3 Å². The summed E-state index contributed by atoms with van der Waals surface area (Å²) in [6.07, 6.45) is 1.24. The second-order valence-electron chi connectivity index (χ2n) is 6.45. The standard InChI is InChI=1S/C18H26N2O4/c1-12(2)9-10-15(18(23)24)13(3)11-16(21)19-20-17(22)14-7-5-4-6-8-14/h4-8,12-13,15H,9-11H2,1-3H3,(H,19,21)(H,20,22)(H,23,24)/p-1/t13-,15+/m0/s1. The number of amides is 2. The van der Waals surface area contributed by atoms with Gasteiger partial charge in [0.25, 0.3) is 5.91 Å². The molecule has 0 bridgehead atoms. The number of benzene rings is 1. The van der Waals surface area contributed by atoms with Gasteiger partial charge in [-0.3, -0.25) is 20.4 Å². The highest BCUT2D eigenvalue weighted by molar-refractivity contribution is 5.95. The third-order valence-corrected chi connectivity index (χ3v) is 3.90. The molecule has 0 aliphatic rings. The van der Waals surface area contributed by atoms with Gasteiger partial charge in [-0.25, -0.2) is 0 Å². The third kappa shape index (κ3) is 6.81. The molecule has 24 heavy (non-hydrogen) atoms. The van der Waals surface area contributed by atoms with E-state index in [2.05, 4.69) is 10.9 Å². The van der Waals surface area contributed by atoms with E-state index >= 15 is 0 Å². The Bertz CT molecular complexity index is 557. The van der Waals surface area contributed by atoms with Gasteiger partial charge in [0.1, 0.15) is 0 Å². The topological polar surface area (TPSA) is 98.3 Å². The van der Waals surface area contributed by atoms with Gasteiger partial charge in [0.15, 0.2) is 0 Å². The Morgan fingerprint density at radius 2 is 1.62 bits per heavy atom. The lowest BCUT2D eigenvalue weighted by Crippen LogP contribution is -2.43. The Labute approximate surface area is 142 Å². The largest absolute Gasteiger partial charge is 0.550 e. The first-order valence-electron chi connectivity index (χ1n) is 8.16. The molecule has 0 saturated heterocycles. The Morgan fingerprint density at radius 3 is 2.17 bits per heavy atom. The highest BCUT2D eigenvalue weighted by Gasteiger charge is 2.21. The number of carbonyl (C=O) groups excluding carboxylic acids is 3. The van der Waals surface area contributed by atoms with Crippen molar-refractivity contribution in [3.8, 4) is 0 Å². The molecule has 2 atom stereocenters. The molecule has 0 saturated carbocycles. The van der Waals surface area contributed by atoms with Crippen LogP contribution < -0.4 is 16.0 Å². The average molecular weight is 333 g/mol. The Kier molecular flexibility index (Phi) is 7.95. The zero-order valence-electron chi connectivity index (χ0n) is 14.4. The van der Waals surface area contributed by atoms with Crippen molar-refractivity contribution in [3.05, 3.63) is 35.9 Å². The maximum Gasteiger partial charge on any atom is 0.269 e. The van der Waals surface area contributed by atoms with E-state index in [4.69, 9.17) is 0 Å². The summed E-state index contributed by atoms with van der Waals surface area (Å²) in [5.41, 5.74) is 5.07. The number of aliphatic carboxylic acids is 1. The fraction of sp³-hybridized carbons (Fsp3) is 0.500. The molecule has 2 N–H and O–H groups in total. The Hall–Kier alpha value is -2.37. The van der Waals surface area contributed by atoms with E-state index in [0.29, 0.717) is 17.9 Å². The van der Waals surface area contributed by atoms with Crippen LogP contribution in [0.2, 0.25) is 0 Å². The van der Waals surface area contributed by atoms with Crippen LogP contribution in [0.1, 0.15) is 50.4 Å². The van der Waals surface area contributed by atoms with E-state index in [0.717, 1.165) is 6.42 Å². The quantitative estimate of drug-likeness (QED) is 0.700. The van der Waals surface area contributed by atoms with E-state index in [1.807, 2.05) is 13.8 Å². The van der Waals surface area contributed by atoms with Crippen LogP contribution in [-0.2, 0) is 9.59 Å². The van der Waals surface area contributed by atoms with Gasteiger partial charge in [-0.15, -0.1) is 0 Å². The van der Waals surface area contributed by atoms with Crippen LogP contribution in [0, 0.1) is 17.8 Å². The lowest BCUT2D eigenvalue weighted by atomic mass is 9.85. The molecular formula is C18H25N2O4-. The molecule has 6 nitrogen and oxygen atoms in total. The monoisotopic (exact) mass is 333 g/mol. The molecule has 132 valence electrons. The molecule has 6 heteroatoms. The number of nitrogens with one attached hydrogen (secondary N) is 2. The summed E-state index contributed by atoms with van der Waals surface area (Å²) < 4.78 is 0. The molecular weight excluding hydrogens is 308 g/mol. The maximum atomic E-state index is 11.9. The molecule has 0 fully saturated rings. The normalized spacial score (nSPS) is 13.2. The van der Waals surface area contributed by atoms with Crippen LogP contribution in [0.3, 0.4) is 0 Å². The summed E-state index contributed by atoms with van der Waals surface area (Å²) in [6, 6.07) is 8.48. The molecule has 1 aromatic carbocycles. The Balaban J connectivity index is 2.47. The van der Waals surface area contributed by atoms with Gasteiger partial charge in [0, 0.05) is 23.9 Å². The summed E-state index contributed by atoms with van der Waals surface area (Å²) in [5.74, 6) is -2.65. The van der Waals surface area contributed by atoms with E-state index < -0.39 is 23.7 Å². The van der Waals surface area contributed by atoms with Gasteiger partial charge in [0.2, 0.25) is 5.91 Å². The highest BCUT2D eigenvalue weighted by atomic mass is 16.4. The number of carboxylic acids is 1. The van der Waals surface area contributed by atoms with Crippen molar-refractivity contribution in [3.63, 3.8) is 0 Å². The van der Waals surface area contributed by atoms with Gasteiger partial charge >= 0.3 is 0 Å². The van der Waals surface area contributed by atoms with Crippen LogP contribution in [0.5, 0.6) is 0 Å². The third-order valence-electron chi connectivity index (χ3n) is 3.90. The fourth-order valence-corrected chi connectivity index (χ4v) is 2.42. The van der Waals surface area contributed by atoms with Crippen molar-refractivity contribution >= 4 is 17.8 Å². The minimum atomic E-state index is -1.13. The van der Waals surface area contributed by atoms with Crippen molar-refractivity contribution in [2.45, 2.75) is 40.0 Å². The zero-order chi connectivity index (χ0) is 18.1. The van der Waals surface area contributed by atoms with Crippen molar-refractivity contribution in [1.29, 1.82) is 0 Å². The SMILES string of the molecule is CC(C)CC[C@@H](C(=O)[O-])[C@@H](C)CC(=O)NNC(=O)c1ccccc1. The van der Waals surface area contributed by atoms with E-state index in [9.17, 15) is 19.5 Å². The predicted octanol–water partition coefficient (Wildman–Crippen LogP) is 1.28. The second-order valence-corrected chi connectivity index (χ2v) is 6.45. The highest BCUT2D eigenvalue weighted by Crippen LogP contribution is 2.22. The molecule has 0 aliphatic heterocycles. The molecule has 0 radical (unpaired) electrons. The Morgan fingerprint density at radius 1 is 1.00 bits per heavy atom. The summed E-state index contributed by atoms with van der Waals surface area (Å²) >= 11 is 0. The van der Waals surface area contributed by atoms with Crippen molar-refractivity contribution in [2.24, 2.45) is 17.8 Å². The van der Waals surface area contributed by atoms with Gasteiger partial charge < -0.3 is 9.90 Å². The number of rotatable bonds is 8. The minimum Gasteiger partial charge on any atom is -0.550 e. The molecule has 1 rings (SSSR count). The first kappa shape index (κ1) is 19.7. The number of hydrazine groups is 1. The summed E-state index contributed by atoms with van der Waals surface area (Å²) in [5, 5.41) is 11.3. The zero-order valence-corrected chi connectivity index (χ0v) is 14.4. The van der Waals surface area contributed by atoms with Crippen LogP contribution >= 0.6 is 0 Å². The van der Waals surface area contributed by atoms with Crippen LogP contribution in [0.4, 0.5) is 0 Å². The van der Waals surface area contributed by atoms with Gasteiger partial charge in [-0.1, -0.05) is 45.4 Å². The minimum absolute atomic E-state index is 0.00577. The maximum absolute atomic E-state index is 11.9. The lowest BCUT2D eigenvalue weighted by molar-refractivity contribution is -0.313. The van der Waals surface area contributed by atoms with E-state index in [1.54, 1.807) is 37.3 Å².